The summed E-state index contributed by atoms with van der Waals surface area (Å²) in [4.78, 5) is 19.7. The van der Waals surface area contributed by atoms with Gasteiger partial charge in [-0.25, -0.2) is 15.0 Å². The summed E-state index contributed by atoms with van der Waals surface area (Å²) in [6, 6.07) is 38.8. The van der Waals surface area contributed by atoms with Gasteiger partial charge in [0.25, 0.3) is 0 Å². The highest BCUT2D eigenvalue weighted by Crippen LogP contribution is 2.36. The summed E-state index contributed by atoms with van der Waals surface area (Å²) in [6.45, 7) is 0. The van der Waals surface area contributed by atoms with Crippen LogP contribution in [0.2, 0.25) is 0 Å². The van der Waals surface area contributed by atoms with Crippen LogP contribution in [-0.4, -0.2) is 19.9 Å². The number of rotatable bonds is 3. The first kappa shape index (κ1) is 21.6. The topological polar surface area (TPSA) is 64.7 Å². The van der Waals surface area contributed by atoms with Gasteiger partial charge in [-0.1, -0.05) is 91.0 Å². The first-order valence-corrected chi connectivity index (χ1v) is 12.8. The Bertz CT molecular complexity index is 2100. The second-order valence-corrected chi connectivity index (χ2v) is 9.56. The van der Waals surface area contributed by atoms with Crippen molar-refractivity contribution in [1.82, 2.24) is 19.9 Å². The molecule has 8 rings (SSSR count). The Labute approximate surface area is 223 Å². The molecule has 5 aromatic carbocycles. The maximum Gasteiger partial charge on any atom is 0.182 e. The molecule has 0 unspecified atom stereocenters. The van der Waals surface area contributed by atoms with E-state index in [1.54, 1.807) is 0 Å². The average molecular weight is 501 g/mol. The highest BCUT2D eigenvalue weighted by molar-refractivity contribution is 6.11. The van der Waals surface area contributed by atoms with Crippen LogP contribution in [0.15, 0.2) is 126 Å². The van der Waals surface area contributed by atoms with Gasteiger partial charge in [0.05, 0.1) is 0 Å². The fraction of sp³-hybridized carbons (Fsp3) is 0. The summed E-state index contributed by atoms with van der Waals surface area (Å²) in [5.74, 6) is 1.70. The molecule has 0 N–H and O–H groups in total. The molecule has 39 heavy (non-hydrogen) atoms. The molecule has 0 aliphatic heterocycles. The van der Waals surface area contributed by atoms with Gasteiger partial charge in [-0.05, 0) is 40.4 Å². The summed E-state index contributed by atoms with van der Waals surface area (Å²) in [7, 11) is 0. The standard InChI is InChI=1S/C34H20N4O/c1-2-9-22-18-24(17-16-21(22)8-1)32-36-33(27-13-7-15-30-31(27)26-12-5-6-14-29(26)39-30)38-34(37-32)28-19-23-10-3-4-11-25(23)20-35-28/h1-20H. The number of hydrogen-bond acceptors (Lipinski definition) is 5. The summed E-state index contributed by atoms with van der Waals surface area (Å²) in [6.07, 6.45) is 1.87. The highest BCUT2D eigenvalue weighted by atomic mass is 16.3. The zero-order valence-corrected chi connectivity index (χ0v) is 20.7. The van der Waals surface area contributed by atoms with Crippen molar-refractivity contribution < 1.29 is 4.42 Å². The van der Waals surface area contributed by atoms with Crippen LogP contribution in [0, 0.1) is 0 Å². The lowest BCUT2D eigenvalue weighted by Crippen LogP contribution is -2.01. The van der Waals surface area contributed by atoms with E-state index in [-0.39, 0.29) is 0 Å². The second-order valence-electron chi connectivity index (χ2n) is 9.56. The van der Waals surface area contributed by atoms with Gasteiger partial charge in [0.2, 0.25) is 0 Å². The molecule has 5 heteroatoms. The molecule has 0 fully saturated rings. The van der Waals surface area contributed by atoms with Crippen LogP contribution in [0.4, 0.5) is 0 Å². The number of furan rings is 1. The lowest BCUT2D eigenvalue weighted by Gasteiger charge is -2.10. The maximum atomic E-state index is 6.16. The molecule has 0 bridgehead atoms. The Morgan fingerprint density at radius 2 is 1.18 bits per heavy atom. The molecular formula is C34H20N4O. The largest absolute Gasteiger partial charge is 0.456 e. The number of para-hydroxylation sites is 1. The minimum atomic E-state index is 0.527. The third-order valence-electron chi connectivity index (χ3n) is 7.15. The Kier molecular flexibility index (Phi) is 4.76. The molecule has 8 aromatic rings. The van der Waals surface area contributed by atoms with Crippen LogP contribution in [-0.2, 0) is 0 Å². The van der Waals surface area contributed by atoms with E-state index in [9.17, 15) is 0 Å². The van der Waals surface area contributed by atoms with Crippen molar-refractivity contribution >= 4 is 43.5 Å². The molecule has 0 saturated carbocycles. The Morgan fingerprint density at radius 1 is 0.487 bits per heavy atom. The van der Waals surface area contributed by atoms with Crippen molar-refractivity contribution in [2.75, 3.05) is 0 Å². The van der Waals surface area contributed by atoms with Crippen LogP contribution >= 0.6 is 0 Å². The molecule has 3 aromatic heterocycles. The van der Waals surface area contributed by atoms with E-state index in [2.05, 4.69) is 48.5 Å². The molecule has 0 radical (unpaired) electrons. The zero-order chi connectivity index (χ0) is 25.8. The number of benzene rings is 5. The summed E-state index contributed by atoms with van der Waals surface area (Å²) < 4.78 is 6.16. The Hall–Kier alpha value is -5.42. The second kappa shape index (κ2) is 8.57. The number of aromatic nitrogens is 4. The molecular weight excluding hydrogens is 480 g/mol. The first-order chi connectivity index (χ1) is 19.3. The van der Waals surface area contributed by atoms with Gasteiger partial charge in [-0.2, -0.15) is 0 Å². The lowest BCUT2D eigenvalue weighted by atomic mass is 10.0. The maximum absolute atomic E-state index is 6.16. The summed E-state index contributed by atoms with van der Waals surface area (Å²) in [5, 5.41) is 6.47. The predicted octanol–water partition coefficient (Wildman–Crippen LogP) is 8.47. The number of nitrogens with zero attached hydrogens (tertiary/aromatic N) is 4. The van der Waals surface area contributed by atoms with Crippen LogP contribution in [0.1, 0.15) is 0 Å². The lowest BCUT2D eigenvalue weighted by molar-refractivity contribution is 0.669. The van der Waals surface area contributed by atoms with Crippen molar-refractivity contribution in [2.24, 2.45) is 0 Å². The minimum Gasteiger partial charge on any atom is -0.456 e. The van der Waals surface area contributed by atoms with E-state index in [4.69, 9.17) is 24.4 Å². The minimum absolute atomic E-state index is 0.527. The zero-order valence-electron chi connectivity index (χ0n) is 20.7. The number of fused-ring (bicyclic) bond motifs is 5. The SMILES string of the molecule is c1ccc2cc(-c3nc(-c4cc5ccccc5cn4)nc(-c4cccc5oc6ccccc6c45)n3)ccc2c1. The van der Waals surface area contributed by atoms with Crippen LogP contribution in [0.5, 0.6) is 0 Å². The average Bonchev–Trinajstić information content (AvgIpc) is 3.39. The van der Waals surface area contributed by atoms with E-state index >= 15 is 0 Å². The van der Waals surface area contributed by atoms with E-state index in [1.165, 1.54) is 5.39 Å². The molecule has 0 spiro atoms. The summed E-state index contributed by atoms with van der Waals surface area (Å²) >= 11 is 0. The van der Waals surface area contributed by atoms with Crippen molar-refractivity contribution in [3.8, 4) is 34.3 Å². The fourth-order valence-electron chi connectivity index (χ4n) is 5.24. The molecule has 0 aliphatic rings. The fourth-order valence-corrected chi connectivity index (χ4v) is 5.24. The molecule has 3 heterocycles. The van der Waals surface area contributed by atoms with E-state index in [0.717, 1.165) is 49.2 Å². The van der Waals surface area contributed by atoms with E-state index in [0.29, 0.717) is 23.2 Å². The van der Waals surface area contributed by atoms with Crippen molar-refractivity contribution in [2.45, 2.75) is 0 Å². The predicted molar refractivity (Wildman–Crippen MR) is 156 cm³/mol. The van der Waals surface area contributed by atoms with Crippen molar-refractivity contribution in [3.05, 3.63) is 121 Å². The smallest absolute Gasteiger partial charge is 0.182 e. The van der Waals surface area contributed by atoms with Crippen LogP contribution in [0.25, 0.3) is 77.8 Å². The molecule has 0 atom stereocenters. The molecule has 0 aliphatic carbocycles. The van der Waals surface area contributed by atoms with Gasteiger partial charge in [0.15, 0.2) is 17.5 Å². The Balaban J connectivity index is 1.40. The van der Waals surface area contributed by atoms with Gasteiger partial charge in [0.1, 0.15) is 16.9 Å². The van der Waals surface area contributed by atoms with Crippen molar-refractivity contribution in [1.29, 1.82) is 0 Å². The van der Waals surface area contributed by atoms with E-state index < -0.39 is 0 Å². The molecule has 0 saturated heterocycles. The highest BCUT2D eigenvalue weighted by Gasteiger charge is 2.18. The molecule has 182 valence electrons. The van der Waals surface area contributed by atoms with E-state index in [1.807, 2.05) is 72.9 Å². The molecule has 0 amide bonds. The normalized spacial score (nSPS) is 11.6. The van der Waals surface area contributed by atoms with Gasteiger partial charge < -0.3 is 4.42 Å². The van der Waals surface area contributed by atoms with Crippen LogP contribution in [0.3, 0.4) is 0 Å². The van der Waals surface area contributed by atoms with Crippen molar-refractivity contribution in [3.63, 3.8) is 0 Å². The monoisotopic (exact) mass is 500 g/mol. The van der Waals surface area contributed by atoms with Crippen LogP contribution < -0.4 is 0 Å². The third-order valence-corrected chi connectivity index (χ3v) is 7.15. The van der Waals surface area contributed by atoms with Gasteiger partial charge in [0, 0.05) is 33.5 Å². The van der Waals surface area contributed by atoms with Gasteiger partial charge >= 0.3 is 0 Å². The van der Waals surface area contributed by atoms with Gasteiger partial charge in [-0.15, -0.1) is 0 Å². The summed E-state index contributed by atoms with van der Waals surface area (Å²) in [5.41, 5.74) is 4.14. The number of hydrogen-bond donors (Lipinski definition) is 0. The first-order valence-electron chi connectivity index (χ1n) is 12.8. The molecule has 5 nitrogen and oxygen atoms in total. The quantitative estimate of drug-likeness (QED) is 0.243. The Morgan fingerprint density at radius 3 is 2.08 bits per heavy atom. The third kappa shape index (κ3) is 3.63. The van der Waals surface area contributed by atoms with Gasteiger partial charge in [-0.3, -0.25) is 4.98 Å². The number of pyridine rings is 1.